The van der Waals surface area contributed by atoms with Gasteiger partial charge in [-0.1, -0.05) is 26.0 Å². The zero-order valence-electron chi connectivity index (χ0n) is 14.4. The minimum absolute atomic E-state index is 0.231. The number of methoxy groups -OCH3 is 1. The molecule has 0 aliphatic carbocycles. The molecular formula is C17H28N3O3+. The number of ether oxygens (including phenoxy) is 1. The van der Waals surface area contributed by atoms with E-state index in [9.17, 15) is 9.59 Å². The van der Waals surface area contributed by atoms with Gasteiger partial charge < -0.3 is 15.0 Å². The van der Waals surface area contributed by atoms with Crippen molar-refractivity contribution in [2.75, 3.05) is 27.2 Å². The minimum Gasteiger partial charge on any atom is -0.497 e. The first-order chi connectivity index (χ1) is 10.9. The third-order valence-electron chi connectivity index (χ3n) is 3.36. The van der Waals surface area contributed by atoms with Crippen LogP contribution in [0.4, 0.5) is 4.79 Å². The Morgan fingerprint density at radius 1 is 1.30 bits per heavy atom. The number of imide groups is 1. The Kier molecular flexibility index (Phi) is 8.11. The molecule has 128 valence electrons. The highest BCUT2D eigenvalue weighted by atomic mass is 16.5. The number of carbonyl (C=O) groups is 2. The van der Waals surface area contributed by atoms with E-state index < -0.39 is 6.03 Å². The van der Waals surface area contributed by atoms with Gasteiger partial charge in [-0.15, -0.1) is 0 Å². The monoisotopic (exact) mass is 322 g/mol. The number of benzene rings is 1. The first-order valence-electron chi connectivity index (χ1n) is 7.92. The number of hydrogen-bond donors (Lipinski definition) is 3. The Morgan fingerprint density at radius 3 is 2.70 bits per heavy atom. The molecule has 1 atom stereocenters. The quantitative estimate of drug-likeness (QED) is 0.656. The van der Waals surface area contributed by atoms with Crippen LogP contribution in [0.25, 0.3) is 0 Å². The van der Waals surface area contributed by atoms with Crippen molar-refractivity contribution in [3.63, 3.8) is 0 Å². The van der Waals surface area contributed by atoms with Crippen LogP contribution in [0.15, 0.2) is 24.3 Å². The molecule has 0 saturated carbocycles. The Labute approximate surface area is 138 Å². The highest BCUT2D eigenvalue weighted by Crippen LogP contribution is 2.11. The Hall–Kier alpha value is -2.08. The fourth-order valence-electron chi connectivity index (χ4n) is 2.16. The fourth-order valence-corrected chi connectivity index (χ4v) is 2.16. The van der Waals surface area contributed by atoms with Gasteiger partial charge in [0.25, 0.3) is 5.91 Å². The number of nitrogens with one attached hydrogen (secondary N) is 3. The number of rotatable bonds is 8. The van der Waals surface area contributed by atoms with Crippen LogP contribution in [0.1, 0.15) is 25.8 Å². The molecule has 0 bridgehead atoms. The van der Waals surface area contributed by atoms with Crippen LogP contribution in [-0.4, -0.2) is 39.2 Å². The molecule has 0 aliphatic rings. The van der Waals surface area contributed by atoms with Gasteiger partial charge >= 0.3 is 6.03 Å². The molecule has 0 spiro atoms. The normalized spacial score (nSPS) is 11.9. The molecule has 0 aliphatic heterocycles. The van der Waals surface area contributed by atoms with Gasteiger partial charge in [0.2, 0.25) is 0 Å². The predicted octanol–water partition coefficient (Wildman–Crippen LogP) is 0.582. The van der Waals surface area contributed by atoms with Crippen molar-refractivity contribution in [2.24, 2.45) is 5.92 Å². The van der Waals surface area contributed by atoms with Crippen molar-refractivity contribution in [2.45, 2.75) is 26.8 Å². The lowest BCUT2D eigenvalue weighted by molar-refractivity contribution is -0.885. The van der Waals surface area contributed by atoms with E-state index in [-0.39, 0.29) is 12.5 Å². The number of amides is 3. The third kappa shape index (κ3) is 8.21. The van der Waals surface area contributed by atoms with E-state index >= 15 is 0 Å². The summed E-state index contributed by atoms with van der Waals surface area (Å²) in [5.41, 5.74) is 1.08. The molecule has 0 radical (unpaired) electrons. The highest BCUT2D eigenvalue weighted by Gasteiger charge is 2.13. The number of likely N-dealkylation sites (N-methyl/N-ethyl adjacent to an activating group) is 1. The second-order valence-corrected chi connectivity index (χ2v) is 6.15. The summed E-state index contributed by atoms with van der Waals surface area (Å²) >= 11 is 0. The first kappa shape index (κ1) is 19.0. The second-order valence-electron chi connectivity index (χ2n) is 6.15. The molecule has 6 heteroatoms. The van der Waals surface area contributed by atoms with Crippen LogP contribution in [-0.2, 0) is 11.3 Å². The number of quaternary nitrogens is 1. The summed E-state index contributed by atoms with van der Waals surface area (Å²) in [5, 5.41) is 5.04. The zero-order chi connectivity index (χ0) is 17.2. The van der Waals surface area contributed by atoms with Crippen molar-refractivity contribution in [1.82, 2.24) is 10.6 Å². The molecule has 3 amide bonds. The molecule has 0 saturated heterocycles. The van der Waals surface area contributed by atoms with E-state index in [1.807, 2.05) is 31.3 Å². The largest absolute Gasteiger partial charge is 0.497 e. The summed E-state index contributed by atoms with van der Waals surface area (Å²) in [4.78, 5) is 24.4. The Bertz CT molecular complexity index is 518. The van der Waals surface area contributed by atoms with E-state index in [1.165, 1.54) is 0 Å². The van der Waals surface area contributed by atoms with Crippen LogP contribution < -0.4 is 20.3 Å². The lowest BCUT2D eigenvalue weighted by atomic mass is 10.1. The summed E-state index contributed by atoms with van der Waals surface area (Å²) in [5.74, 6) is 1.03. The zero-order valence-corrected chi connectivity index (χ0v) is 14.4. The van der Waals surface area contributed by atoms with Gasteiger partial charge in [-0.05, 0) is 24.5 Å². The standard InChI is InChI=1S/C17H27N3O3/c1-13(2)8-9-18-17(22)19-16(21)12-20(3)11-14-6-5-7-15(10-14)23-4/h5-7,10,13H,8-9,11-12H2,1-4H3,(H2,18,19,21,22)/p+1. The fraction of sp³-hybridized carbons (Fsp3) is 0.529. The summed E-state index contributed by atoms with van der Waals surface area (Å²) < 4.78 is 5.18. The molecule has 0 aromatic heterocycles. The van der Waals surface area contributed by atoms with Crippen molar-refractivity contribution in [3.05, 3.63) is 29.8 Å². The van der Waals surface area contributed by atoms with Gasteiger partial charge in [0, 0.05) is 12.1 Å². The minimum atomic E-state index is -0.426. The lowest BCUT2D eigenvalue weighted by Gasteiger charge is -2.14. The van der Waals surface area contributed by atoms with Crippen molar-refractivity contribution in [1.29, 1.82) is 0 Å². The smallest absolute Gasteiger partial charge is 0.321 e. The maximum absolute atomic E-state index is 11.9. The molecule has 1 aromatic rings. The summed E-state index contributed by atoms with van der Waals surface area (Å²) in [6.07, 6.45) is 0.891. The maximum atomic E-state index is 11.9. The Balaban J connectivity index is 2.34. The highest BCUT2D eigenvalue weighted by molar-refractivity contribution is 5.94. The van der Waals surface area contributed by atoms with Crippen molar-refractivity contribution in [3.8, 4) is 5.75 Å². The second kappa shape index (κ2) is 9.84. The van der Waals surface area contributed by atoms with Gasteiger partial charge in [0.1, 0.15) is 12.3 Å². The molecule has 1 aromatic carbocycles. The van der Waals surface area contributed by atoms with Crippen LogP contribution in [0, 0.1) is 5.92 Å². The van der Waals surface area contributed by atoms with Gasteiger partial charge in [-0.25, -0.2) is 4.79 Å². The van der Waals surface area contributed by atoms with Gasteiger partial charge in [-0.2, -0.15) is 0 Å². The van der Waals surface area contributed by atoms with Crippen LogP contribution in [0.3, 0.4) is 0 Å². The van der Waals surface area contributed by atoms with Gasteiger partial charge in [0.15, 0.2) is 6.54 Å². The van der Waals surface area contributed by atoms with E-state index in [1.54, 1.807) is 7.11 Å². The van der Waals surface area contributed by atoms with E-state index in [4.69, 9.17) is 4.74 Å². The number of hydrogen-bond acceptors (Lipinski definition) is 3. The molecule has 0 heterocycles. The number of urea groups is 1. The number of carbonyl (C=O) groups excluding carboxylic acids is 2. The molecule has 3 N–H and O–H groups in total. The lowest BCUT2D eigenvalue weighted by Crippen LogP contribution is -3.09. The summed E-state index contributed by atoms with van der Waals surface area (Å²) in [7, 11) is 3.54. The van der Waals surface area contributed by atoms with Gasteiger partial charge in [-0.3, -0.25) is 10.1 Å². The Morgan fingerprint density at radius 2 is 2.04 bits per heavy atom. The van der Waals surface area contributed by atoms with Crippen LogP contribution in [0.2, 0.25) is 0 Å². The molecular weight excluding hydrogens is 294 g/mol. The van der Waals surface area contributed by atoms with E-state index in [2.05, 4.69) is 24.5 Å². The van der Waals surface area contributed by atoms with Crippen molar-refractivity contribution >= 4 is 11.9 Å². The average molecular weight is 322 g/mol. The van der Waals surface area contributed by atoms with Gasteiger partial charge in [0.05, 0.1) is 14.2 Å². The van der Waals surface area contributed by atoms with Crippen LogP contribution >= 0.6 is 0 Å². The summed E-state index contributed by atoms with van der Waals surface area (Å²) in [6.45, 7) is 5.65. The topological polar surface area (TPSA) is 71.9 Å². The molecule has 1 rings (SSSR count). The molecule has 0 fully saturated rings. The van der Waals surface area contributed by atoms with E-state index in [0.29, 0.717) is 19.0 Å². The SMILES string of the molecule is COc1cccc(C[NH+](C)CC(=O)NC(=O)NCCC(C)C)c1. The van der Waals surface area contributed by atoms with Crippen molar-refractivity contribution < 1.29 is 19.2 Å². The van der Waals surface area contributed by atoms with Crippen LogP contribution in [0.5, 0.6) is 5.75 Å². The summed E-state index contributed by atoms with van der Waals surface area (Å²) in [6, 6.07) is 7.31. The first-order valence-corrected chi connectivity index (χ1v) is 7.92. The molecule has 1 unspecified atom stereocenters. The maximum Gasteiger partial charge on any atom is 0.321 e. The predicted molar refractivity (Wildman–Crippen MR) is 89.4 cm³/mol. The van der Waals surface area contributed by atoms with E-state index in [0.717, 1.165) is 22.6 Å². The third-order valence-corrected chi connectivity index (χ3v) is 3.36. The molecule has 6 nitrogen and oxygen atoms in total. The molecule has 23 heavy (non-hydrogen) atoms. The average Bonchev–Trinajstić information content (AvgIpc) is 2.46.